The molecule has 5 heteroatoms. The van der Waals surface area contributed by atoms with Crippen molar-refractivity contribution in [2.75, 3.05) is 20.3 Å². The van der Waals surface area contributed by atoms with Crippen LogP contribution in [0.15, 0.2) is 12.1 Å². The summed E-state index contributed by atoms with van der Waals surface area (Å²) in [6.45, 7) is 3.16. The van der Waals surface area contributed by atoms with Crippen LogP contribution in [0.3, 0.4) is 0 Å². The van der Waals surface area contributed by atoms with Crippen LogP contribution in [0, 0.1) is 6.92 Å². The van der Waals surface area contributed by atoms with Gasteiger partial charge < -0.3 is 9.47 Å². The maximum Gasteiger partial charge on any atom is 0.236 e. The number of nitrogens with two attached hydrogens (primary N) is 1. The van der Waals surface area contributed by atoms with Gasteiger partial charge in [0.2, 0.25) is 5.91 Å². The van der Waals surface area contributed by atoms with E-state index in [1.54, 1.807) is 7.05 Å². The van der Waals surface area contributed by atoms with E-state index < -0.39 is 0 Å². The van der Waals surface area contributed by atoms with Crippen molar-refractivity contribution in [1.82, 2.24) is 5.01 Å². The summed E-state index contributed by atoms with van der Waals surface area (Å²) in [6.07, 6.45) is 1.05. The van der Waals surface area contributed by atoms with E-state index in [1.807, 2.05) is 19.1 Å². The van der Waals surface area contributed by atoms with Gasteiger partial charge in [0.15, 0.2) is 11.5 Å². The van der Waals surface area contributed by atoms with Gasteiger partial charge in [0.05, 0.1) is 0 Å². The van der Waals surface area contributed by atoms with E-state index in [4.69, 9.17) is 15.3 Å². The van der Waals surface area contributed by atoms with Crippen LogP contribution in [0.5, 0.6) is 11.5 Å². The number of nitrogens with zero attached hydrogens (tertiary/aromatic N) is 1. The zero-order chi connectivity index (χ0) is 13.1. The van der Waals surface area contributed by atoms with Gasteiger partial charge in [-0.05, 0) is 36.6 Å². The number of aryl methyl sites for hydroxylation is 2. The fourth-order valence-corrected chi connectivity index (χ4v) is 1.92. The molecule has 0 fully saturated rings. The molecule has 0 aromatic heterocycles. The summed E-state index contributed by atoms with van der Waals surface area (Å²) in [5.74, 6) is 6.85. The highest BCUT2D eigenvalue weighted by atomic mass is 16.6. The number of hydrogen-bond donors (Lipinski definition) is 1. The maximum absolute atomic E-state index is 11.5. The molecule has 1 aromatic carbocycles. The molecular weight excluding hydrogens is 232 g/mol. The molecule has 0 bridgehead atoms. The lowest BCUT2D eigenvalue weighted by molar-refractivity contribution is -0.130. The number of hydrazine groups is 1. The van der Waals surface area contributed by atoms with E-state index >= 15 is 0 Å². The molecule has 0 unspecified atom stereocenters. The molecule has 1 aliphatic heterocycles. The Labute approximate surface area is 106 Å². The lowest BCUT2D eigenvalue weighted by Gasteiger charge is -2.20. The van der Waals surface area contributed by atoms with E-state index in [0.29, 0.717) is 26.1 Å². The van der Waals surface area contributed by atoms with Gasteiger partial charge >= 0.3 is 0 Å². The molecule has 0 saturated carbocycles. The number of hydrogen-bond acceptors (Lipinski definition) is 4. The number of amides is 1. The number of carbonyl (C=O) groups is 1. The maximum atomic E-state index is 11.5. The smallest absolute Gasteiger partial charge is 0.236 e. The van der Waals surface area contributed by atoms with Gasteiger partial charge in [-0.25, -0.2) is 5.84 Å². The minimum Gasteiger partial charge on any atom is -0.486 e. The Hall–Kier alpha value is -1.75. The highest BCUT2D eigenvalue weighted by molar-refractivity contribution is 5.75. The molecule has 0 aliphatic carbocycles. The second-order valence-electron chi connectivity index (χ2n) is 4.43. The van der Waals surface area contributed by atoms with E-state index in [1.165, 1.54) is 0 Å². The normalized spacial score (nSPS) is 13.3. The zero-order valence-corrected chi connectivity index (χ0v) is 10.7. The van der Waals surface area contributed by atoms with Crippen LogP contribution in [0.2, 0.25) is 0 Å². The van der Waals surface area contributed by atoms with Crippen LogP contribution >= 0.6 is 0 Å². The van der Waals surface area contributed by atoms with Crippen molar-refractivity contribution >= 4 is 5.91 Å². The van der Waals surface area contributed by atoms with Gasteiger partial charge in [0.25, 0.3) is 0 Å². The minimum atomic E-state index is -0.0794. The number of carbonyl (C=O) groups excluding carboxylic acids is 1. The second-order valence-corrected chi connectivity index (χ2v) is 4.43. The fraction of sp³-hybridized carbons (Fsp3) is 0.462. The Morgan fingerprint density at radius 1 is 1.33 bits per heavy atom. The Morgan fingerprint density at radius 2 is 1.94 bits per heavy atom. The quantitative estimate of drug-likeness (QED) is 0.494. The third-order valence-electron chi connectivity index (χ3n) is 3.00. The van der Waals surface area contributed by atoms with Crippen LogP contribution in [0.1, 0.15) is 17.5 Å². The summed E-state index contributed by atoms with van der Waals surface area (Å²) in [4.78, 5) is 11.5. The molecule has 2 rings (SSSR count). The molecule has 0 saturated heterocycles. The molecular formula is C13H18N2O3. The molecule has 2 N–H and O–H groups in total. The molecule has 1 aromatic rings. The molecule has 1 amide bonds. The summed E-state index contributed by atoms with van der Waals surface area (Å²) in [6, 6.07) is 3.91. The second kappa shape index (κ2) is 5.27. The third-order valence-corrected chi connectivity index (χ3v) is 3.00. The molecule has 98 valence electrons. The summed E-state index contributed by atoms with van der Waals surface area (Å²) in [7, 11) is 1.55. The van der Waals surface area contributed by atoms with E-state index in [2.05, 4.69) is 0 Å². The van der Waals surface area contributed by atoms with Gasteiger partial charge in [0.1, 0.15) is 13.2 Å². The molecule has 1 heterocycles. The third kappa shape index (κ3) is 2.73. The zero-order valence-electron chi connectivity index (χ0n) is 10.7. The molecule has 5 nitrogen and oxygen atoms in total. The summed E-state index contributed by atoms with van der Waals surface area (Å²) < 4.78 is 11.0. The van der Waals surface area contributed by atoms with Crippen LogP contribution in [0.4, 0.5) is 0 Å². The van der Waals surface area contributed by atoms with Crippen molar-refractivity contribution in [3.63, 3.8) is 0 Å². The molecule has 0 radical (unpaired) electrons. The SMILES string of the molecule is Cc1cc2c(cc1CCC(=O)N(C)N)OCCO2. The summed E-state index contributed by atoms with van der Waals surface area (Å²) >= 11 is 0. The highest BCUT2D eigenvalue weighted by Gasteiger charge is 2.15. The first-order valence-corrected chi connectivity index (χ1v) is 5.98. The predicted molar refractivity (Wildman–Crippen MR) is 67.4 cm³/mol. The van der Waals surface area contributed by atoms with E-state index in [-0.39, 0.29) is 5.91 Å². The average Bonchev–Trinajstić information content (AvgIpc) is 2.35. The molecule has 1 aliphatic rings. The summed E-state index contributed by atoms with van der Waals surface area (Å²) in [5.41, 5.74) is 2.20. The lowest BCUT2D eigenvalue weighted by Crippen LogP contribution is -2.33. The number of rotatable bonds is 3. The van der Waals surface area contributed by atoms with E-state index in [9.17, 15) is 4.79 Å². The fourth-order valence-electron chi connectivity index (χ4n) is 1.92. The van der Waals surface area contributed by atoms with Gasteiger partial charge in [-0.15, -0.1) is 0 Å². The van der Waals surface area contributed by atoms with Crippen molar-refractivity contribution in [3.8, 4) is 11.5 Å². The van der Waals surface area contributed by atoms with E-state index in [0.717, 1.165) is 27.6 Å². The highest BCUT2D eigenvalue weighted by Crippen LogP contribution is 2.33. The van der Waals surface area contributed by atoms with Crippen molar-refractivity contribution in [3.05, 3.63) is 23.3 Å². The number of ether oxygens (including phenoxy) is 2. The number of fused-ring (bicyclic) bond motifs is 1. The van der Waals surface area contributed by atoms with Gasteiger partial charge in [-0.1, -0.05) is 0 Å². The molecule has 0 atom stereocenters. The van der Waals surface area contributed by atoms with Crippen LogP contribution in [0.25, 0.3) is 0 Å². The topological polar surface area (TPSA) is 64.8 Å². The predicted octanol–water partition coefficient (Wildman–Crippen LogP) is 1.03. The van der Waals surface area contributed by atoms with Crippen LogP contribution in [-0.4, -0.2) is 31.2 Å². The standard InChI is InChI=1S/C13H18N2O3/c1-9-7-11-12(18-6-5-17-11)8-10(9)3-4-13(16)15(2)14/h7-8H,3-6,14H2,1-2H3. The van der Waals surface area contributed by atoms with Crippen LogP contribution in [-0.2, 0) is 11.2 Å². The summed E-state index contributed by atoms with van der Waals surface area (Å²) in [5, 5.41) is 1.12. The largest absolute Gasteiger partial charge is 0.486 e. The van der Waals surface area contributed by atoms with Gasteiger partial charge in [0, 0.05) is 13.5 Å². The Balaban J connectivity index is 2.11. The van der Waals surface area contributed by atoms with Crippen LogP contribution < -0.4 is 15.3 Å². The first-order chi connectivity index (χ1) is 8.58. The van der Waals surface area contributed by atoms with Crippen molar-refractivity contribution < 1.29 is 14.3 Å². The minimum absolute atomic E-state index is 0.0794. The first kappa shape index (κ1) is 12.7. The Kier molecular flexibility index (Phi) is 3.72. The Morgan fingerprint density at radius 3 is 2.56 bits per heavy atom. The first-order valence-electron chi connectivity index (χ1n) is 5.98. The average molecular weight is 250 g/mol. The molecule has 18 heavy (non-hydrogen) atoms. The number of benzene rings is 1. The van der Waals surface area contributed by atoms with Crippen molar-refractivity contribution in [2.24, 2.45) is 5.84 Å². The van der Waals surface area contributed by atoms with Gasteiger partial charge in [-0.3, -0.25) is 9.80 Å². The van der Waals surface area contributed by atoms with Gasteiger partial charge in [-0.2, -0.15) is 0 Å². The van der Waals surface area contributed by atoms with Crippen molar-refractivity contribution in [2.45, 2.75) is 19.8 Å². The molecule has 0 spiro atoms. The Bertz CT molecular complexity index is 458. The monoisotopic (exact) mass is 250 g/mol. The lowest BCUT2D eigenvalue weighted by atomic mass is 10.0. The van der Waals surface area contributed by atoms with Crippen molar-refractivity contribution in [1.29, 1.82) is 0 Å².